The Morgan fingerprint density at radius 2 is 2.30 bits per heavy atom. The molecule has 0 radical (unpaired) electrons. The fraction of sp³-hybridized carbons (Fsp3) is 1.00. The molecule has 0 spiro atoms. The van der Waals surface area contributed by atoms with Gasteiger partial charge in [-0.1, -0.05) is 0 Å². The van der Waals surface area contributed by atoms with Crippen molar-refractivity contribution in [2.75, 3.05) is 26.7 Å². The lowest BCUT2D eigenvalue weighted by Gasteiger charge is -2.28. The van der Waals surface area contributed by atoms with Crippen LogP contribution >= 0.6 is 0 Å². The molecule has 1 aliphatic rings. The van der Waals surface area contributed by atoms with Crippen LogP contribution in [0.2, 0.25) is 0 Å². The van der Waals surface area contributed by atoms with Crippen molar-refractivity contribution in [2.24, 2.45) is 0 Å². The van der Waals surface area contributed by atoms with Crippen LogP contribution in [0.4, 0.5) is 0 Å². The molecule has 0 aromatic rings. The van der Waals surface area contributed by atoms with Crippen LogP contribution in [0.15, 0.2) is 0 Å². The normalized spacial score (nSPS) is 30.0. The van der Waals surface area contributed by atoms with Gasteiger partial charge in [0.1, 0.15) is 0 Å². The molecule has 2 N–H and O–H groups in total. The first kappa shape index (κ1) is 7.98. The molecule has 1 saturated heterocycles. The van der Waals surface area contributed by atoms with E-state index in [1.807, 2.05) is 0 Å². The third-order valence-electron chi connectivity index (χ3n) is 2.01. The zero-order chi connectivity index (χ0) is 7.40. The largest absolute Gasteiger partial charge is 0.380 e. The van der Waals surface area contributed by atoms with Crippen LogP contribution in [0.3, 0.4) is 0 Å². The highest BCUT2D eigenvalue weighted by atomic mass is 16.5. The lowest BCUT2D eigenvalue weighted by molar-refractivity contribution is 0.0779. The second-order valence-corrected chi connectivity index (χ2v) is 2.71. The van der Waals surface area contributed by atoms with Gasteiger partial charge in [0.05, 0.1) is 6.10 Å². The van der Waals surface area contributed by atoms with Gasteiger partial charge in [0.15, 0.2) is 0 Å². The number of nitrogens with one attached hydrogen (secondary N) is 2. The van der Waals surface area contributed by atoms with Gasteiger partial charge in [0.2, 0.25) is 0 Å². The number of methoxy groups -OCH3 is 1. The number of ether oxygens (including phenoxy) is 1. The van der Waals surface area contributed by atoms with E-state index in [9.17, 15) is 0 Å². The maximum Gasteiger partial charge on any atom is 0.0708 e. The Bertz CT molecular complexity index is 91.6. The molecule has 1 fully saturated rings. The number of rotatable bonds is 2. The molecule has 10 heavy (non-hydrogen) atoms. The van der Waals surface area contributed by atoms with E-state index < -0.39 is 0 Å². The van der Waals surface area contributed by atoms with Crippen molar-refractivity contribution in [3.05, 3.63) is 0 Å². The second-order valence-electron chi connectivity index (χ2n) is 2.71. The molecule has 0 saturated carbocycles. The van der Waals surface area contributed by atoms with Gasteiger partial charge in [0.25, 0.3) is 0 Å². The molecule has 0 aromatic carbocycles. The molecular formula is C7H16N2O. The molecule has 3 heteroatoms. The average Bonchev–Trinajstić information content (AvgIpc) is 2.05. The van der Waals surface area contributed by atoms with Crippen LogP contribution < -0.4 is 10.6 Å². The highest BCUT2D eigenvalue weighted by Crippen LogP contribution is 1.97. The van der Waals surface area contributed by atoms with E-state index in [1.165, 1.54) is 0 Å². The van der Waals surface area contributed by atoms with Gasteiger partial charge in [-0.25, -0.2) is 0 Å². The molecule has 0 bridgehead atoms. The highest BCUT2D eigenvalue weighted by Gasteiger charge is 2.17. The molecule has 3 nitrogen and oxygen atoms in total. The van der Waals surface area contributed by atoms with Crippen molar-refractivity contribution in [1.29, 1.82) is 0 Å². The molecule has 1 aliphatic heterocycles. The lowest BCUT2D eigenvalue weighted by atomic mass is 10.1. The first-order chi connectivity index (χ1) is 4.84. The van der Waals surface area contributed by atoms with Crippen molar-refractivity contribution in [3.63, 3.8) is 0 Å². The summed E-state index contributed by atoms with van der Waals surface area (Å²) in [6, 6.07) is 0.485. The summed E-state index contributed by atoms with van der Waals surface area (Å²) in [5, 5.41) is 6.69. The zero-order valence-electron chi connectivity index (χ0n) is 6.68. The van der Waals surface area contributed by atoms with Crippen LogP contribution in [-0.4, -0.2) is 38.9 Å². The van der Waals surface area contributed by atoms with Gasteiger partial charge in [-0.15, -0.1) is 0 Å². The van der Waals surface area contributed by atoms with E-state index in [0.29, 0.717) is 12.1 Å². The summed E-state index contributed by atoms with van der Waals surface area (Å²) < 4.78 is 5.19. The number of hydrogen-bond donors (Lipinski definition) is 2. The van der Waals surface area contributed by atoms with Crippen LogP contribution in [-0.2, 0) is 4.74 Å². The van der Waals surface area contributed by atoms with Gasteiger partial charge in [-0.3, -0.25) is 0 Å². The maximum atomic E-state index is 5.19. The Balaban J connectivity index is 2.24. The molecule has 0 aliphatic carbocycles. The van der Waals surface area contributed by atoms with Gasteiger partial charge < -0.3 is 15.4 Å². The summed E-state index contributed by atoms with van der Waals surface area (Å²) in [6.07, 6.45) is 0.313. The Morgan fingerprint density at radius 1 is 1.50 bits per heavy atom. The summed E-state index contributed by atoms with van der Waals surface area (Å²) in [4.78, 5) is 0. The van der Waals surface area contributed by atoms with Crippen molar-refractivity contribution in [1.82, 2.24) is 10.6 Å². The standard InChI is InChI=1S/C7H16N2O/c1-6(10-2)7-5-8-3-4-9-7/h6-9H,3-5H2,1-2H3/t6?,7-/m0/s1. The first-order valence-corrected chi connectivity index (χ1v) is 3.81. The van der Waals surface area contributed by atoms with Crippen molar-refractivity contribution in [2.45, 2.75) is 19.1 Å². The van der Waals surface area contributed by atoms with Crippen LogP contribution in [0.1, 0.15) is 6.92 Å². The zero-order valence-corrected chi connectivity index (χ0v) is 6.68. The predicted molar refractivity (Wildman–Crippen MR) is 41.1 cm³/mol. The quantitative estimate of drug-likeness (QED) is 0.552. The van der Waals surface area contributed by atoms with E-state index in [4.69, 9.17) is 4.74 Å². The molecule has 1 heterocycles. The Kier molecular flexibility index (Phi) is 3.12. The molecule has 1 unspecified atom stereocenters. The summed E-state index contributed by atoms with van der Waals surface area (Å²) in [5.74, 6) is 0. The van der Waals surface area contributed by atoms with Gasteiger partial charge >= 0.3 is 0 Å². The van der Waals surface area contributed by atoms with E-state index in [-0.39, 0.29) is 0 Å². The number of piperazine rings is 1. The molecule has 2 atom stereocenters. The minimum absolute atomic E-state index is 0.313. The molecule has 0 aromatic heterocycles. The lowest BCUT2D eigenvalue weighted by Crippen LogP contribution is -2.53. The third-order valence-corrected chi connectivity index (χ3v) is 2.01. The summed E-state index contributed by atoms with van der Waals surface area (Å²) in [5.41, 5.74) is 0. The van der Waals surface area contributed by atoms with Crippen molar-refractivity contribution < 1.29 is 4.74 Å². The van der Waals surface area contributed by atoms with Gasteiger partial charge in [-0.2, -0.15) is 0 Å². The maximum absolute atomic E-state index is 5.19. The Labute approximate surface area is 62.1 Å². The van der Waals surface area contributed by atoms with E-state index in [1.54, 1.807) is 7.11 Å². The van der Waals surface area contributed by atoms with Crippen molar-refractivity contribution >= 4 is 0 Å². The smallest absolute Gasteiger partial charge is 0.0708 e. The topological polar surface area (TPSA) is 33.3 Å². The van der Waals surface area contributed by atoms with E-state index >= 15 is 0 Å². The Morgan fingerprint density at radius 3 is 2.80 bits per heavy atom. The van der Waals surface area contributed by atoms with Gasteiger partial charge in [-0.05, 0) is 6.92 Å². The van der Waals surface area contributed by atoms with Gasteiger partial charge in [0, 0.05) is 32.8 Å². The minimum atomic E-state index is 0.313. The molecule has 60 valence electrons. The Hall–Kier alpha value is -0.120. The SMILES string of the molecule is COC(C)[C@@H]1CNCCN1. The summed E-state index contributed by atoms with van der Waals surface area (Å²) >= 11 is 0. The van der Waals surface area contributed by atoms with Crippen LogP contribution in [0.25, 0.3) is 0 Å². The van der Waals surface area contributed by atoms with Crippen LogP contribution in [0, 0.1) is 0 Å². The van der Waals surface area contributed by atoms with Crippen LogP contribution in [0.5, 0.6) is 0 Å². The second kappa shape index (κ2) is 3.91. The monoisotopic (exact) mass is 144 g/mol. The number of hydrogen-bond acceptors (Lipinski definition) is 3. The van der Waals surface area contributed by atoms with E-state index in [2.05, 4.69) is 17.6 Å². The first-order valence-electron chi connectivity index (χ1n) is 3.81. The minimum Gasteiger partial charge on any atom is -0.380 e. The fourth-order valence-corrected chi connectivity index (χ4v) is 1.17. The average molecular weight is 144 g/mol. The molecular weight excluding hydrogens is 128 g/mol. The predicted octanol–water partition coefficient (Wildman–Crippen LogP) is -0.417. The molecule has 1 rings (SSSR count). The summed E-state index contributed by atoms with van der Waals surface area (Å²) in [6.45, 7) is 5.24. The highest BCUT2D eigenvalue weighted by molar-refractivity contribution is 4.80. The van der Waals surface area contributed by atoms with E-state index in [0.717, 1.165) is 19.6 Å². The summed E-state index contributed by atoms with van der Waals surface area (Å²) in [7, 11) is 1.75. The molecule has 0 amide bonds. The van der Waals surface area contributed by atoms with Crippen molar-refractivity contribution in [3.8, 4) is 0 Å². The third kappa shape index (κ3) is 1.94. The fourth-order valence-electron chi connectivity index (χ4n) is 1.17.